The van der Waals surface area contributed by atoms with Gasteiger partial charge in [0, 0.05) is 13.1 Å². The van der Waals surface area contributed by atoms with Crippen LogP contribution in [0.5, 0.6) is 0 Å². The molecule has 4 heteroatoms. The van der Waals surface area contributed by atoms with Crippen LogP contribution in [0.15, 0.2) is 0 Å². The summed E-state index contributed by atoms with van der Waals surface area (Å²) in [6.07, 6.45) is 0.112. The number of hydrogen-bond acceptors (Lipinski definition) is 3. The Morgan fingerprint density at radius 2 is 2.31 bits per heavy atom. The maximum Gasteiger partial charge on any atom is 0.251 e. The molecule has 1 aliphatic heterocycles. The number of hydrogen-bond donors (Lipinski definition) is 2. The lowest BCUT2D eigenvalue weighted by Crippen LogP contribution is -2.39. The zero-order valence-corrected chi connectivity index (χ0v) is 8.16. The Hall–Kier alpha value is -0.610. The fraction of sp³-hybridized carbons (Fsp3) is 0.889. The number of carbonyl (C=O) groups excluding carboxylic acids is 1. The molecule has 13 heavy (non-hydrogen) atoms. The van der Waals surface area contributed by atoms with E-state index < -0.39 is 11.7 Å². The molecule has 2 unspecified atom stereocenters. The molecule has 0 radical (unpaired) electrons. The van der Waals surface area contributed by atoms with Gasteiger partial charge in [0.1, 0.15) is 6.10 Å². The van der Waals surface area contributed by atoms with Gasteiger partial charge in [-0.1, -0.05) is 6.92 Å². The normalized spacial score (nSPS) is 30.6. The van der Waals surface area contributed by atoms with Crippen LogP contribution in [0.25, 0.3) is 0 Å². The maximum absolute atomic E-state index is 11.4. The molecular formula is C9H17NO3. The second-order valence-corrected chi connectivity index (χ2v) is 3.93. The van der Waals surface area contributed by atoms with Crippen molar-refractivity contribution < 1.29 is 15.0 Å². The van der Waals surface area contributed by atoms with Gasteiger partial charge >= 0.3 is 0 Å². The second-order valence-electron chi connectivity index (χ2n) is 3.93. The van der Waals surface area contributed by atoms with Gasteiger partial charge in [0.2, 0.25) is 0 Å². The third-order valence-electron chi connectivity index (χ3n) is 2.44. The molecule has 0 bridgehead atoms. The number of rotatable bonds is 2. The fourth-order valence-electron chi connectivity index (χ4n) is 1.52. The highest BCUT2D eigenvalue weighted by molar-refractivity contribution is 5.80. The summed E-state index contributed by atoms with van der Waals surface area (Å²) in [5.74, 6) is -0.264. The summed E-state index contributed by atoms with van der Waals surface area (Å²) in [4.78, 5) is 13.0. The van der Waals surface area contributed by atoms with Crippen LogP contribution in [-0.4, -0.2) is 45.8 Å². The van der Waals surface area contributed by atoms with E-state index in [1.807, 2.05) is 0 Å². The molecule has 1 rings (SSSR count). The first kappa shape index (κ1) is 10.5. The van der Waals surface area contributed by atoms with Crippen LogP contribution in [-0.2, 0) is 4.79 Å². The zero-order valence-electron chi connectivity index (χ0n) is 8.16. The summed E-state index contributed by atoms with van der Waals surface area (Å²) >= 11 is 0. The van der Waals surface area contributed by atoms with Crippen molar-refractivity contribution in [3.8, 4) is 0 Å². The number of aliphatic hydroxyl groups excluding tert-OH is 1. The van der Waals surface area contributed by atoms with Crippen LogP contribution in [0, 0.1) is 0 Å². The molecule has 4 nitrogen and oxygen atoms in total. The van der Waals surface area contributed by atoms with Gasteiger partial charge in [-0.3, -0.25) is 4.79 Å². The van der Waals surface area contributed by atoms with Crippen molar-refractivity contribution in [1.29, 1.82) is 0 Å². The molecule has 0 aromatic rings. The number of aliphatic hydroxyl groups is 2. The van der Waals surface area contributed by atoms with Crippen LogP contribution < -0.4 is 0 Å². The highest BCUT2D eigenvalue weighted by atomic mass is 16.3. The van der Waals surface area contributed by atoms with Crippen LogP contribution in [0.4, 0.5) is 0 Å². The lowest BCUT2D eigenvalue weighted by atomic mass is 10.1. The monoisotopic (exact) mass is 187 g/mol. The molecule has 76 valence electrons. The molecule has 1 amide bonds. The Morgan fingerprint density at radius 1 is 1.69 bits per heavy atom. The van der Waals surface area contributed by atoms with E-state index in [4.69, 9.17) is 0 Å². The van der Waals surface area contributed by atoms with E-state index in [1.165, 1.54) is 4.90 Å². The van der Waals surface area contributed by atoms with Crippen molar-refractivity contribution in [3.63, 3.8) is 0 Å². The molecule has 0 aliphatic carbocycles. The van der Waals surface area contributed by atoms with E-state index in [0.29, 0.717) is 25.9 Å². The number of carbonyl (C=O) groups is 1. The molecule has 1 saturated heterocycles. The quantitative estimate of drug-likeness (QED) is 0.626. The molecule has 2 atom stereocenters. The first-order valence-electron chi connectivity index (χ1n) is 4.65. The van der Waals surface area contributed by atoms with Crippen molar-refractivity contribution >= 4 is 5.91 Å². The minimum absolute atomic E-state index is 0.264. The van der Waals surface area contributed by atoms with Crippen LogP contribution in [0.2, 0.25) is 0 Å². The summed E-state index contributed by atoms with van der Waals surface area (Å²) in [6, 6.07) is 0. The smallest absolute Gasteiger partial charge is 0.251 e. The van der Waals surface area contributed by atoms with Gasteiger partial charge < -0.3 is 15.1 Å². The van der Waals surface area contributed by atoms with Crippen LogP contribution >= 0.6 is 0 Å². The minimum Gasteiger partial charge on any atom is -0.388 e. The van der Waals surface area contributed by atoms with Gasteiger partial charge in [-0.25, -0.2) is 0 Å². The Kier molecular flexibility index (Phi) is 2.93. The molecular weight excluding hydrogens is 170 g/mol. The summed E-state index contributed by atoms with van der Waals surface area (Å²) in [7, 11) is 0. The molecule has 1 fully saturated rings. The minimum atomic E-state index is -0.908. The largest absolute Gasteiger partial charge is 0.388 e. The zero-order chi connectivity index (χ0) is 10.1. The molecule has 0 spiro atoms. The number of nitrogens with zero attached hydrogens (tertiary/aromatic N) is 1. The van der Waals surface area contributed by atoms with Gasteiger partial charge in [0.05, 0.1) is 5.60 Å². The van der Waals surface area contributed by atoms with E-state index in [1.54, 1.807) is 13.8 Å². The van der Waals surface area contributed by atoms with Crippen molar-refractivity contribution in [3.05, 3.63) is 0 Å². The molecule has 1 heterocycles. The van der Waals surface area contributed by atoms with Crippen molar-refractivity contribution in [2.45, 2.75) is 38.4 Å². The van der Waals surface area contributed by atoms with Gasteiger partial charge in [0.25, 0.3) is 5.91 Å². The lowest BCUT2D eigenvalue weighted by Gasteiger charge is -2.21. The average molecular weight is 187 g/mol. The predicted octanol–water partition coefficient (Wildman–Crippen LogP) is -0.259. The Morgan fingerprint density at radius 3 is 2.69 bits per heavy atom. The van der Waals surface area contributed by atoms with Crippen molar-refractivity contribution in [2.24, 2.45) is 0 Å². The molecule has 1 aliphatic rings. The van der Waals surface area contributed by atoms with E-state index in [2.05, 4.69) is 0 Å². The van der Waals surface area contributed by atoms with Crippen LogP contribution in [0.1, 0.15) is 26.7 Å². The van der Waals surface area contributed by atoms with Gasteiger partial charge in [0.15, 0.2) is 0 Å². The van der Waals surface area contributed by atoms with Gasteiger partial charge in [-0.05, 0) is 19.8 Å². The average Bonchev–Trinajstić information content (AvgIpc) is 2.43. The van der Waals surface area contributed by atoms with E-state index in [9.17, 15) is 15.0 Å². The Balaban J connectivity index is 2.51. The predicted molar refractivity (Wildman–Crippen MR) is 48.1 cm³/mol. The summed E-state index contributed by atoms with van der Waals surface area (Å²) in [6.45, 7) is 4.35. The topological polar surface area (TPSA) is 60.8 Å². The van der Waals surface area contributed by atoms with Crippen molar-refractivity contribution in [1.82, 2.24) is 4.90 Å². The maximum atomic E-state index is 11.4. The highest BCUT2D eigenvalue weighted by Gasteiger charge is 2.35. The van der Waals surface area contributed by atoms with Gasteiger partial charge in [-0.2, -0.15) is 0 Å². The highest BCUT2D eigenvalue weighted by Crippen LogP contribution is 2.20. The molecule has 2 N–H and O–H groups in total. The molecule has 0 aromatic heterocycles. The SMILES string of the molecule is CCC(O)C(=O)N1CCC(C)(O)C1. The lowest BCUT2D eigenvalue weighted by molar-refractivity contribution is -0.140. The van der Waals surface area contributed by atoms with Gasteiger partial charge in [-0.15, -0.1) is 0 Å². The first-order chi connectivity index (χ1) is 5.96. The standard InChI is InChI=1S/C9H17NO3/c1-3-7(11)8(12)10-5-4-9(2,13)6-10/h7,11,13H,3-6H2,1-2H3. The van der Waals surface area contributed by atoms with E-state index in [0.717, 1.165) is 0 Å². The first-order valence-corrected chi connectivity index (χ1v) is 4.65. The Labute approximate surface area is 78.2 Å². The molecule has 0 saturated carbocycles. The van der Waals surface area contributed by atoms with E-state index >= 15 is 0 Å². The fourth-order valence-corrected chi connectivity index (χ4v) is 1.52. The van der Waals surface area contributed by atoms with Crippen molar-refractivity contribution in [2.75, 3.05) is 13.1 Å². The summed E-state index contributed by atoms with van der Waals surface area (Å²) in [5.41, 5.74) is -0.775. The summed E-state index contributed by atoms with van der Waals surface area (Å²) in [5, 5.41) is 18.9. The summed E-state index contributed by atoms with van der Waals surface area (Å²) < 4.78 is 0. The third-order valence-corrected chi connectivity index (χ3v) is 2.44. The Bertz CT molecular complexity index is 203. The molecule has 0 aromatic carbocycles. The number of likely N-dealkylation sites (tertiary alicyclic amines) is 1. The van der Waals surface area contributed by atoms with E-state index in [-0.39, 0.29) is 5.91 Å². The number of amides is 1. The number of β-amino-alcohol motifs (C(OH)–C–C–N with tert-alkyl or cyclic N) is 1. The van der Waals surface area contributed by atoms with Crippen LogP contribution in [0.3, 0.4) is 0 Å². The second kappa shape index (κ2) is 3.64. The third kappa shape index (κ3) is 2.42.